The van der Waals surface area contributed by atoms with Gasteiger partial charge in [-0.3, -0.25) is 0 Å². The summed E-state index contributed by atoms with van der Waals surface area (Å²) in [5, 5.41) is 9.06. The Hall–Kier alpha value is -0.150. The largest absolute Gasteiger partial charge is 0.305 e. The van der Waals surface area contributed by atoms with Crippen LogP contribution in [0.25, 0.3) is 0 Å². The van der Waals surface area contributed by atoms with E-state index in [0.717, 1.165) is 23.0 Å². The molecule has 0 aliphatic carbocycles. The number of aryl methyl sites for hydroxylation is 1. The Labute approximate surface area is 181 Å². The molecule has 0 bridgehead atoms. The molecule has 0 unspecified atom stereocenters. The Kier molecular flexibility index (Phi) is 15.8. The molecule has 26 heavy (non-hydrogen) atoms. The summed E-state index contributed by atoms with van der Waals surface area (Å²) in [5.74, 6) is 0. The third-order valence-corrected chi connectivity index (χ3v) is 5.77. The molecule has 0 spiro atoms. The molecule has 0 heterocycles. The van der Waals surface area contributed by atoms with Crippen LogP contribution in [-0.4, -0.2) is 11.0 Å². The minimum absolute atomic E-state index is 0. The van der Waals surface area contributed by atoms with Crippen molar-refractivity contribution in [3.05, 3.63) is 34.4 Å². The summed E-state index contributed by atoms with van der Waals surface area (Å²) in [6.45, 7) is 6.69. The highest BCUT2D eigenvalue weighted by Crippen LogP contribution is 2.21. The number of hydrogen-bond acceptors (Lipinski definition) is 1. The van der Waals surface area contributed by atoms with E-state index in [1.54, 1.807) is 0 Å². The maximum absolute atomic E-state index is 8.19. The Morgan fingerprint density at radius 1 is 0.846 bits per heavy atom. The molecule has 3 heteroatoms. The summed E-state index contributed by atoms with van der Waals surface area (Å²) in [5.41, 5.74) is 6.06. The number of nitrogens with one attached hydrogen (secondary N) is 1. The van der Waals surface area contributed by atoms with Gasteiger partial charge in [-0.15, -0.1) is 17.0 Å². The number of benzene rings is 1. The minimum atomic E-state index is 0. The smallest absolute Gasteiger partial charge is 0.0397 e. The molecule has 0 radical (unpaired) electrons. The molecule has 0 saturated heterocycles. The molecule has 0 atom stereocenters. The van der Waals surface area contributed by atoms with Gasteiger partial charge in [-0.2, -0.15) is 0 Å². The second-order valence-corrected chi connectivity index (χ2v) is 8.16. The van der Waals surface area contributed by atoms with Gasteiger partial charge in [-0.05, 0) is 55.4 Å². The summed E-state index contributed by atoms with van der Waals surface area (Å²) < 4.78 is 0. The van der Waals surface area contributed by atoms with Crippen LogP contribution in [-0.2, 0) is 6.42 Å². The van der Waals surface area contributed by atoms with Gasteiger partial charge in [0.2, 0.25) is 0 Å². The lowest BCUT2D eigenvalue weighted by Crippen LogP contribution is -2.05. The number of halogens is 2. The molecule has 1 aromatic rings. The third kappa shape index (κ3) is 9.69. The fourth-order valence-corrected chi connectivity index (χ4v) is 3.90. The Morgan fingerprint density at radius 3 is 1.92 bits per heavy atom. The lowest BCUT2D eigenvalue weighted by Gasteiger charge is -2.14. The molecule has 0 aromatic heterocycles. The molecular weight excluding hydrogens is 450 g/mol. The van der Waals surface area contributed by atoms with Crippen LogP contribution in [0.1, 0.15) is 99.8 Å². The number of hydrogen-bond donors (Lipinski definition) is 1. The molecule has 1 N–H and O–H groups in total. The van der Waals surface area contributed by atoms with Gasteiger partial charge < -0.3 is 5.41 Å². The predicted octanol–water partition coefficient (Wildman–Crippen LogP) is 8.50. The Bertz CT molecular complexity index is 511. The SMILES string of the molecule is Br.CCCCCCCCCCCCc1ccc(C(=N)CCBr)c(C)c1C. The second kappa shape index (κ2) is 15.9. The van der Waals surface area contributed by atoms with Crippen LogP contribution in [0, 0.1) is 19.3 Å². The van der Waals surface area contributed by atoms with E-state index in [1.165, 1.54) is 87.3 Å². The first-order valence-corrected chi connectivity index (χ1v) is 11.5. The van der Waals surface area contributed by atoms with E-state index in [2.05, 4.69) is 48.8 Å². The maximum atomic E-state index is 8.19. The summed E-state index contributed by atoms with van der Waals surface area (Å²) in [7, 11) is 0. The first-order valence-electron chi connectivity index (χ1n) is 10.3. The van der Waals surface area contributed by atoms with E-state index < -0.39 is 0 Å². The topological polar surface area (TPSA) is 23.9 Å². The van der Waals surface area contributed by atoms with Crippen molar-refractivity contribution in [2.75, 3.05) is 5.33 Å². The average Bonchev–Trinajstić information content (AvgIpc) is 2.60. The maximum Gasteiger partial charge on any atom is 0.0397 e. The van der Waals surface area contributed by atoms with Crippen molar-refractivity contribution < 1.29 is 0 Å². The second-order valence-electron chi connectivity index (χ2n) is 7.37. The van der Waals surface area contributed by atoms with Crippen molar-refractivity contribution in [3.8, 4) is 0 Å². The predicted molar refractivity (Wildman–Crippen MR) is 127 cm³/mol. The number of rotatable bonds is 14. The molecule has 1 rings (SSSR count). The average molecular weight is 489 g/mol. The molecule has 0 aliphatic heterocycles. The monoisotopic (exact) mass is 487 g/mol. The molecule has 1 aromatic carbocycles. The Morgan fingerprint density at radius 2 is 1.38 bits per heavy atom. The number of alkyl halides is 1. The highest BCUT2D eigenvalue weighted by molar-refractivity contribution is 9.09. The molecule has 0 saturated carbocycles. The zero-order valence-corrected chi connectivity index (χ0v) is 20.4. The van der Waals surface area contributed by atoms with E-state index in [0.29, 0.717) is 0 Å². The van der Waals surface area contributed by atoms with E-state index in [9.17, 15) is 0 Å². The molecule has 150 valence electrons. The van der Waals surface area contributed by atoms with Gasteiger partial charge in [-0.25, -0.2) is 0 Å². The third-order valence-electron chi connectivity index (χ3n) is 5.37. The van der Waals surface area contributed by atoms with Gasteiger partial charge in [0.05, 0.1) is 0 Å². The molecular formula is C23H39Br2N. The summed E-state index contributed by atoms with van der Waals surface area (Å²) in [4.78, 5) is 0. The van der Waals surface area contributed by atoms with Gasteiger partial charge in [0, 0.05) is 11.0 Å². The lowest BCUT2D eigenvalue weighted by molar-refractivity contribution is 0.556. The van der Waals surface area contributed by atoms with Crippen LogP contribution in [0.5, 0.6) is 0 Å². The van der Waals surface area contributed by atoms with Crippen LogP contribution in [0.2, 0.25) is 0 Å². The van der Waals surface area contributed by atoms with Crippen molar-refractivity contribution in [3.63, 3.8) is 0 Å². The summed E-state index contributed by atoms with van der Waals surface area (Å²) in [6, 6.07) is 4.42. The summed E-state index contributed by atoms with van der Waals surface area (Å²) >= 11 is 3.44. The van der Waals surface area contributed by atoms with Crippen LogP contribution in [0.15, 0.2) is 12.1 Å². The van der Waals surface area contributed by atoms with E-state index in [-0.39, 0.29) is 17.0 Å². The van der Waals surface area contributed by atoms with Gasteiger partial charge >= 0.3 is 0 Å². The lowest BCUT2D eigenvalue weighted by atomic mass is 9.92. The van der Waals surface area contributed by atoms with Gasteiger partial charge in [-0.1, -0.05) is 92.8 Å². The highest BCUT2D eigenvalue weighted by Gasteiger charge is 2.09. The molecule has 0 aliphatic rings. The van der Waals surface area contributed by atoms with E-state index in [1.807, 2.05) is 0 Å². The van der Waals surface area contributed by atoms with Crippen molar-refractivity contribution in [2.24, 2.45) is 0 Å². The van der Waals surface area contributed by atoms with Crippen molar-refractivity contribution in [2.45, 2.75) is 97.8 Å². The van der Waals surface area contributed by atoms with E-state index >= 15 is 0 Å². The quantitative estimate of drug-likeness (QED) is 0.154. The van der Waals surface area contributed by atoms with Crippen LogP contribution >= 0.6 is 32.9 Å². The Balaban J connectivity index is 0.00000625. The zero-order valence-electron chi connectivity index (χ0n) is 17.1. The van der Waals surface area contributed by atoms with Gasteiger partial charge in [0.25, 0.3) is 0 Å². The highest BCUT2D eigenvalue weighted by atomic mass is 79.9. The number of unbranched alkanes of at least 4 members (excludes halogenated alkanes) is 9. The van der Waals surface area contributed by atoms with Crippen molar-refractivity contribution in [1.82, 2.24) is 0 Å². The minimum Gasteiger partial charge on any atom is -0.305 e. The normalized spacial score (nSPS) is 10.6. The fourth-order valence-electron chi connectivity index (χ4n) is 3.51. The zero-order chi connectivity index (χ0) is 18.5. The van der Waals surface area contributed by atoms with Crippen LogP contribution in [0.3, 0.4) is 0 Å². The first kappa shape index (κ1) is 25.9. The van der Waals surface area contributed by atoms with Crippen LogP contribution in [0.4, 0.5) is 0 Å². The van der Waals surface area contributed by atoms with Crippen LogP contribution < -0.4 is 0 Å². The molecule has 0 fully saturated rings. The molecule has 1 nitrogen and oxygen atoms in total. The fraction of sp³-hybridized carbons (Fsp3) is 0.696. The van der Waals surface area contributed by atoms with E-state index in [4.69, 9.17) is 5.41 Å². The standard InChI is InChI=1S/C23H38BrN.BrH/c1-4-5-6-7-8-9-10-11-12-13-14-21-15-16-22(20(3)19(21)2)23(25)17-18-24;/h15-16,25H,4-14,17-18H2,1-3H3;1H. The van der Waals surface area contributed by atoms with Gasteiger partial charge in [0.15, 0.2) is 0 Å². The van der Waals surface area contributed by atoms with Crippen molar-refractivity contribution in [1.29, 1.82) is 5.41 Å². The van der Waals surface area contributed by atoms with Gasteiger partial charge in [0.1, 0.15) is 0 Å². The first-order chi connectivity index (χ1) is 12.1. The molecule has 0 amide bonds. The van der Waals surface area contributed by atoms with Crippen molar-refractivity contribution >= 4 is 38.6 Å². The summed E-state index contributed by atoms with van der Waals surface area (Å²) in [6.07, 6.45) is 15.9.